The highest BCUT2D eigenvalue weighted by atomic mass is 16.5. The van der Waals surface area contributed by atoms with E-state index in [1.165, 1.54) is 23.9 Å². The third-order valence-electron chi connectivity index (χ3n) is 3.76. The van der Waals surface area contributed by atoms with Gasteiger partial charge in [0.05, 0.1) is 30.7 Å². The summed E-state index contributed by atoms with van der Waals surface area (Å²) in [7, 11) is 3.00. The largest absolute Gasteiger partial charge is 0.378 e. The van der Waals surface area contributed by atoms with Crippen molar-refractivity contribution in [2.75, 3.05) is 40.4 Å². The van der Waals surface area contributed by atoms with E-state index in [0.29, 0.717) is 36.5 Å². The number of para-hydroxylation sites is 1. The molecule has 0 bridgehead atoms. The number of H-pyrrole nitrogens is 1. The maximum atomic E-state index is 12.3. The Hall–Kier alpha value is -2.78. The van der Waals surface area contributed by atoms with Gasteiger partial charge in [-0.05, 0) is 12.1 Å². The molecule has 1 aromatic heterocycles. The van der Waals surface area contributed by atoms with Crippen molar-refractivity contribution < 1.29 is 14.3 Å². The van der Waals surface area contributed by atoms with Crippen molar-refractivity contribution in [1.29, 1.82) is 0 Å². The Morgan fingerprint density at radius 2 is 1.85 bits per heavy atom. The third-order valence-corrected chi connectivity index (χ3v) is 3.76. The highest BCUT2D eigenvalue weighted by Gasteiger charge is 2.23. The number of benzene rings is 1. The first kappa shape index (κ1) is 19.5. The molecule has 0 atom stereocenters. The zero-order valence-corrected chi connectivity index (χ0v) is 14.9. The average Bonchev–Trinajstić information content (AvgIpc) is 2.63. The van der Waals surface area contributed by atoms with Crippen LogP contribution >= 0.6 is 0 Å². The summed E-state index contributed by atoms with van der Waals surface area (Å²) in [5, 5.41) is 0.471. The lowest BCUT2D eigenvalue weighted by Gasteiger charge is -2.21. The van der Waals surface area contributed by atoms with Crippen LogP contribution in [-0.2, 0) is 20.9 Å². The van der Waals surface area contributed by atoms with Crippen molar-refractivity contribution in [3.63, 3.8) is 0 Å². The van der Waals surface area contributed by atoms with Crippen LogP contribution in [-0.4, -0.2) is 72.0 Å². The number of hydrogen-bond acceptors (Lipinski definition) is 6. The molecule has 0 aliphatic carbocycles. The number of fused-ring (bicyclic) bond motifs is 1. The van der Waals surface area contributed by atoms with E-state index in [1.54, 1.807) is 24.3 Å². The van der Waals surface area contributed by atoms with Gasteiger partial charge in [-0.15, -0.1) is 0 Å². The molecular formula is C17H23N5O4. The zero-order valence-electron chi connectivity index (χ0n) is 14.9. The SMILES string of the molecule is CN(CCOCCN)C(=O)C(=O)N(C)Cc1nc2ccccc2c(=O)[nH]1. The molecule has 9 heteroatoms. The quantitative estimate of drug-likeness (QED) is 0.497. The van der Waals surface area contributed by atoms with E-state index >= 15 is 0 Å². The molecule has 0 radical (unpaired) electrons. The molecule has 0 unspecified atom stereocenters. The normalized spacial score (nSPS) is 10.7. The third kappa shape index (κ3) is 4.87. The number of aromatic amines is 1. The summed E-state index contributed by atoms with van der Waals surface area (Å²) in [6.07, 6.45) is 0. The molecule has 1 aromatic carbocycles. The lowest BCUT2D eigenvalue weighted by atomic mass is 10.2. The van der Waals surface area contributed by atoms with Crippen molar-refractivity contribution in [3.05, 3.63) is 40.4 Å². The van der Waals surface area contributed by atoms with Crippen LogP contribution in [0.2, 0.25) is 0 Å². The number of aromatic nitrogens is 2. The van der Waals surface area contributed by atoms with Gasteiger partial charge in [0, 0.05) is 27.2 Å². The summed E-state index contributed by atoms with van der Waals surface area (Å²) >= 11 is 0. The monoisotopic (exact) mass is 361 g/mol. The van der Waals surface area contributed by atoms with Crippen LogP contribution in [0.25, 0.3) is 10.9 Å². The molecule has 1 heterocycles. The zero-order chi connectivity index (χ0) is 19.1. The summed E-state index contributed by atoms with van der Waals surface area (Å²) < 4.78 is 5.20. The number of nitrogens with one attached hydrogen (secondary N) is 1. The second kappa shape index (κ2) is 9.07. The topological polar surface area (TPSA) is 122 Å². The first-order valence-electron chi connectivity index (χ1n) is 8.20. The molecule has 9 nitrogen and oxygen atoms in total. The Balaban J connectivity index is 2.00. The number of amides is 2. The molecule has 26 heavy (non-hydrogen) atoms. The van der Waals surface area contributed by atoms with Crippen molar-refractivity contribution in [2.45, 2.75) is 6.54 Å². The second-order valence-electron chi connectivity index (χ2n) is 5.82. The maximum absolute atomic E-state index is 12.3. The first-order chi connectivity index (χ1) is 12.4. The fourth-order valence-corrected chi connectivity index (χ4v) is 2.32. The highest BCUT2D eigenvalue weighted by Crippen LogP contribution is 2.07. The number of carbonyl (C=O) groups is 2. The molecule has 2 amide bonds. The van der Waals surface area contributed by atoms with Crippen LogP contribution < -0.4 is 11.3 Å². The second-order valence-corrected chi connectivity index (χ2v) is 5.82. The van der Waals surface area contributed by atoms with Gasteiger partial charge in [-0.3, -0.25) is 14.4 Å². The summed E-state index contributed by atoms with van der Waals surface area (Å²) in [4.78, 5) is 46.0. The molecule has 3 N–H and O–H groups in total. The number of hydrogen-bond donors (Lipinski definition) is 2. The minimum absolute atomic E-state index is 0.0160. The summed E-state index contributed by atoms with van der Waals surface area (Å²) in [6, 6.07) is 6.92. The predicted molar refractivity (Wildman–Crippen MR) is 96.3 cm³/mol. The van der Waals surface area contributed by atoms with E-state index in [9.17, 15) is 14.4 Å². The molecule has 0 fully saturated rings. The van der Waals surface area contributed by atoms with Crippen molar-refractivity contribution in [3.8, 4) is 0 Å². The van der Waals surface area contributed by atoms with Gasteiger partial charge in [-0.2, -0.15) is 0 Å². The van der Waals surface area contributed by atoms with Gasteiger partial charge in [0.25, 0.3) is 5.56 Å². The van der Waals surface area contributed by atoms with E-state index in [1.807, 2.05) is 0 Å². The fourth-order valence-electron chi connectivity index (χ4n) is 2.32. The van der Waals surface area contributed by atoms with Gasteiger partial charge in [-0.25, -0.2) is 4.98 Å². The summed E-state index contributed by atoms with van der Waals surface area (Å²) in [5.74, 6) is -1.04. The van der Waals surface area contributed by atoms with E-state index in [2.05, 4.69) is 9.97 Å². The lowest BCUT2D eigenvalue weighted by molar-refractivity contribution is -0.151. The molecule has 0 saturated carbocycles. The summed E-state index contributed by atoms with van der Waals surface area (Å²) in [5.41, 5.74) is 5.56. The van der Waals surface area contributed by atoms with Gasteiger partial charge in [0.15, 0.2) is 0 Å². The Morgan fingerprint density at radius 1 is 1.15 bits per heavy atom. The van der Waals surface area contributed by atoms with Gasteiger partial charge in [0.2, 0.25) is 0 Å². The number of ether oxygens (including phenoxy) is 1. The number of rotatable bonds is 7. The Kier molecular flexibility index (Phi) is 6.81. The minimum atomic E-state index is -0.692. The standard InChI is InChI=1S/C17H23N5O4/c1-21(8-10-26-9-7-18)16(24)17(25)22(2)11-14-19-13-6-4-3-5-12(13)15(23)20-14/h3-6H,7-11,18H2,1-2H3,(H,19,20,23). The van der Waals surface area contributed by atoms with E-state index in [0.717, 1.165) is 0 Å². The molecule has 0 saturated heterocycles. The van der Waals surface area contributed by atoms with Crippen molar-refractivity contribution in [2.24, 2.45) is 5.73 Å². The molecule has 140 valence electrons. The van der Waals surface area contributed by atoms with Crippen molar-refractivity contribution in [1.82, 2.24) is 19.8 Å². The highest BCUT2D eigenvalue weighted by molar-refractivity contribution is 6.34. The van der Waals surface area contributed by atoms with Gasteiger partial charge < -0.3 is 25.3 Å². The van der Waals surface area contributed by atoms with Gasteiger partial charge in [0.1, 0.15) is 5.82 Å². The van der Waals surface area contributed by atoms with Gasteiger partial charge in [-0.1, -0.05) is 12.1 Å². The Bertz CT molecular complexity index is 835. The molecule has 2 rings (SSSR count). The van der Waals surface area contributed by atoms with Gasteiger partial charge >= 0.3 is 11.8 Å². The van der Waals surface area contributed by atoms with Crippen molar-refractivity contribution >= 4 is 22.7 Å². The van der Waals surface area contributed by atoms with E-state index in [-0.39, 0.29) is 18.6 Å². The molecule has 0 aliphatic rings. The average molecular weight is 361 g/mol. The molecular weight excluding hydrogens is 338 g/mol. The van der Waals surface area contributed by atoms with Crippen LogP contribution in [0.5, 0.6) is 0 Å². The lowest BCUT2D eigenvalue weighted by Crippen LogP contribution is -2.43. The van der Waals surface area contributed by atoms with Crippen LogP contribution in [0.4, 0.5) is 0 Å². The smallest absolute Gasteiger partial charge is 0.312 e. The van der Waals surface area contributed by atoms with E-state index < -0.39 is 11.8 Å². The maximum Gasteiger partial charge on any atom is 0.312 e. The minimum Gasteiger partial charge on any atom is -0.378 e. The molecule has 0 aliphatic heterocycles. The Labute approximate surface area is 150 Å². The van der Waals surface area contributed by atoms with Crippen LogP contribution in [0.1, 0.15) is 5.82 Å². The van der Waals surface area contributed by atoms with Crippen LogP contribution in [0, 0.1) is 0 Å². The number of carbonyl (C=O) groups excluding carboxylic acids is 2. The molecule has 0 spiro atoms. The predicted octanol–water partition coefficient (Wildman–Crippen LogP) is -0.685. The van der Waals surface area contributed by atoms with Crippen LogP contribution in [0.15, 0.2) is 29.1 Å². The Morgan fingerprint density at radius 3 is 2.58 bits per heavy atom. The van der Waals surface area contributed by atoms with E-state index in [4.69, 9.17) is 10.5 Å². The number of likely N-dealkylation sites (N-methyl/N-ethyl adjacent to an activating group) is 2. The summed E-state index contributed by atoms with van der Waals surface area (Å²) in [6.45, 7) is 1.40. The number of nitrogens with two attached hydrogens (primary N) is 1. The fraction of sp³-hybridized carbons (Fsp3) is 0.412. The number of nitrogens with zero attached hydrogens (tertiary/aromatic N) is 3. The van der Waals surface area contributed by atoms with Crippen LogP contribution in [0.3, 0.4) is 0 Å². The molecule has 2 aromatic rings. The first-order valence-corrected chi connectivity index (χ1v) is 8.20.